The van der Waals surface area contributed by atoms with Crippen molar-refractivity contribution in [3.05, 3.63) is 0 Å². The highest BCUT2D eigenvalue weighted by molar-refractivity contribution is 5.34. The van der Waals surface area contributed by atoms with Crippen LogP contribution >= 0.6 is 0 Å². The van der Waals surface area contributed by atoms with Gasteiger partial charge in [-0.1, -0.05) is 20.3 Å². The van der Waals surface area contributed by atoms with Crippen molar-refractivity contribution >= 4 is 0 Å². The topological polar surface area (TPSA) is 0 Å². The lowest BCUT2D eigenvalue weighted by atomic mass is 9.91. The first-order chi connectivity index (χ1) is 4.77. The van der Waals surface area contributed by atoms with Crippen molar-refractivity contribution in [3.63, 3.8) is 0 Å². The van der Waals surface area contributed by atoms with Crippen LogP contribution in [-0.4, -0.2) is 0 Å². The molecule has 0 spiro atoms. The molecule has 2 aliphatic carbocycles. The Labute approximate surface area is 63.0 Å². The minimum atomic E-state index is 0.656. The molecule has 4 unspecified atom stereocenters. The number of hydrogen-bond donors (Lipinski definition) is 0. The molecular formula is C10H14. The van der Waals surface area contributed by atoms with E-state index in [-0.39, 0.29) is 0 Å². The first kappa shape index (κ1) is 6.28. The van der Waals surface area contributed by atoms with Gasteiger partial charge in [0.1, 0.15) is 0 Å². The predicted octanol–water partition coefficient (Wildman–Crippen LogP) is 2.30. The Balaban J connectivity index is 2.04. The second kappa shape index (κ2) is 1.59. The van der Waals surface area contributed by atoms with Gasteiger partial charge in [-0.15, -0.1) is 12.3 Å². The molecule has 10 heavy (non-hydrogen) atoms. The highest BCUT2D eigenvalue weighted by atomic mass is 14.8. The molecule has 2 saturated carbocycles. The van der Waals surface area contributed by atoms with Crippen LogP contribution in [0.15, 0.2) is 0 Å². The molecule has 54 valence electrons. The Bertz CT molecular complexity index is 199. The lowest BCUT2D eigenvalue weighted by molar-refractivity contribution is 0.378. The first-order valence-electron chi connectivity index (χ1n) is 4.23. The van der Waals surface area contributed by atoms with Crippen molar-refractivity contribution in [3.8, 4) is 12.3 Å². The number of terminal acetylenes is 1. The molecule has 2 rings (SSSR count). The van der Waals surface area contributed by atoms with Gasteiger partial charge in [0.05, 0.1) is 0 Å². The van der Waals surface area contributed by atoms with Crippen LogP contribution in [0.3, 0.4) is 0 Å². The van der Waals surface area contributed by atoms with Crippen LogP contribution in [0.1, 0.15) is 26.7 Å². The molecule has 0 heterocycles. The molecule has 0 saturated heterocycles. The second-order valence-electron chi connectivity index (χ2n) is 3.88. The van der Waals surface area contributed by atoms with Crippen molar-refractivity contribution in [2.24, 2.45) is 23.2 Å². The van der Waals surface area contributed by atoms with Gasteiger partial charge in [0.15, 0.2) is 0 Å². The predicted molar refractivity (Wildman–Crippen MR) is 42.3 cm³/mol. The van der Waals surface area contributed by atoms with E-state index in [9.17, 15) is 0 Å². The van der Waals surface area contributed by atoms with Crippen LogP contribution in [0, 0.1) is 35.5 Å². The zero-order chi connectivity index (χ0) is 7.35. The van der Waals surface area contributed by atoms with E-state index in [0.29, 0.717) is 11.3 Å². The minimum absolute atomic E-state index is 0.656. The first-order valence-corrected chi connectivity index (χ1v) is 4.23. The SMILES string of the molecule is C#CC1C2CC12C(C)CC. The number of fused-ring (bicyclic) bond motifs is 1. The van der Waals surface area contributed by atoms with Gasteiger partial charge in [0.25, 0.3) is 0 Å². The van der Waals surface area contributed by atoms with E-state index in [1.165, 1.54) is 12.8 Å². The van der Waals surface area contributed by atoms with Crippen LogP contribution < -0.4 is 0 Å². The zero-order valence-corrected chi connectivity index (χ0v) is 6.72. The van der Waals surface area contributed by atoms with E-state index < -0.39 is 0 Å². The molecule has 0 radical (unpaired) electrons. The van der Waals surface area contributed by atoms with E-state index in [1.54, 1.807) is 0 Å². The fourth-order valence-electron chi connectivity index (χ4n) is 2.47. The molecule has 0 aromatic heterocycles. The third-order valence-electron chi connectivity index (χ3n) is 3.69. The molecule has 2 fully saturated rings. The average Bonchev–Trinajstić information content (AvgIpc) is 2.73. The largest absolute Gasteiger partial charge is 0.120 e. The number of rotatable bonds is 2. The third kappa shape index (κ3) is 0.461. The smallest absolute Gasteiger partial charge is 0.0296 e. The molecule has 0 heteroatoms. The summed E-state index contributed by atoms with van der Waals surface area (Å²) >= 11 is 0. The summed E-state index contributed by atoms with van der Waals surface area (Å²) in [6.45, 7) is 4.61. The third-order valence-corrected chi connectivity index (χ3v) is 3.69. The van der Waals surface area contributed by atoms with Gasteiger partial charge in [0, 0.05) is 5.92 Å². The summed E-state index contributed by atoms with van der Waals surface area (Å²) in [5.41, 5.74) is 0.656. The average molecular weight is 134 g/mol. The Morgan fingerprint density at radius 1 is 1.80 bits per heavy atom. The fraction of sp³-hybridized carbons (Fsp3) is 0.800. The summed E-state index contributed by atoms with van der Waals surface area (Å²) in [4.78, 5) is 0. The molecule has 0 bridgehead atoms. The van der Waals surface area contributed by atoms with Crippen molar-refractivity contribution in [1.29, 1.82) is 0 Å². The van der Waals surface area contributed by atoms with Crippen molar-refractivity contribution < 1.29 is 0 Å². The summed E-state index contributed by atoms with van der Waals surface area (Å²) in [5.74, 6) is 5.37. The van der Waals surface area contributed by atoms with E-state index in [4.69, 9.17) is 6.42 Å². The van der Waals surface area contributed by atoms with Gasteiger partial charge in [-0.2, -0.15) is 0 Å². The molecule has 0 N–H and O–H groups in total. The van der Waals surface area contributed by atoms with E-state index >= 15 is 0 Å². The van der Waals surface area contributed by atoms with Gasteiger partial charge in [-0.3, -0.25) is 0 Å². The molecule has 0 amide bonds. The molecule has 0 nitrogen and oxygen atoms in total. The quantitative estimate of drug-likeness (QED) is 0.508. The lowest BCUT2D eigenvalue weighted by Crippen LogP contribution is -2.07. The normalized spacial score (nSPS) is 50.9. The fourth-order valence-corrected chi connectivity index (χ4v) is 2.47. The van der Waals surface area contributed by atoms with Crippen LogP contribution in [-0.2, 0) is 0 Å². The van der Waals surface area contributed by atoms with E-state index in [0.717, 1.165) is 11.8 Å². The van der Waals surface area contributed by atoms with Crippen molar-refractivity contribution in [1.82, 2.24) is 0 Å². The standard InChI is InChI=1S/C10H14/c1-4-7(3)10-6-9(10)8(10)5-2/h2,7-9H,4,6H2,1,3H3. The molecular weight excluding hydrogens is 120 g/mol. The summed E-state index contributed by atoms with van der Waals surface area (Å²) in [6.07, 6.45) is 8.11. The maximum absolute atomic E-state index is 5.38. The van der Waals surface area contributed by atoms with E-state index in [2.05, 4.69) is 19.8 Å². The zero-order valence-electron chi connectivity index (χ0n) is 6.72. The lowest BCUT2D eigenvalue weighted by Gasteiger charge is -2.13. The minimum Gasteiger partial charge on any atom is -0.120 e. The monoisotopic (exact) mass is 134 g/mol. The van der Waals surface area contributed by atoms with E-state index in [1.807, 2.05) is 0 Å². The Morgan fingerprint density at radius 3 is 2.80 bits per heavy atom. The van der Waals surface area contributed by atoms with Gasteiger partial charge in [-0.05, 0) is 23.7 Å². The molecule has 4 atom stereocenters. The summed E-state index contributed by atoms with van der Waals surface area (Å²) in [5, 5.41) is 0. The van der Waals surface area contributed by atoms with Crippen molar-refractivity contribution in [2.45, 2.75) is 26.7 Å². The molecule has 0 aromatic carbocycles. The Hall–Kier alpha value is -0.440. The Morgan fingerprint density at radius 2 is 2.50 bits per heavy atom. The van der Waals surface area contributed by atoms with Gasteiger partial charge in [0.2, 0.25) is 0 Å². The van der Waals surface area contributed by atoms with Gasteiger partial charge >= 0.3 is 0 Å². The van der Waals surface area contributed by atoms with Crippen LogP contribution in [0.25, 0.3) is 0 Å². The van der Waals surface area contributed by atoms with Gasteiger partial charge < -0.3 is 0 Å². The summed E-state index contributed by atoms with van der Waals surface area (Å²) in [6, 6.07) is 0. The summed E-state index contributed by atoms with van der Waals surface area (Å²) in [7, 11) is 0. The number of hydrogen-bond acceptors (Lipinski definition) is 0. The second-order valence-corrected chi connectivity index (χ2v) is 3.88. The maximum Gasteiger partial charge on any atom is 0.0296 e. The van der Waals surface area contributed by atoms with Crippen LogP contribution in [0.5, 0.6) is 0 Å². The maximum atomic E-state index is 5.38. The Kier molecular flexibility index (Phi) is 0.997. The highest BCUT2D eigenvalue weighted by Gasteiger charge is 2.79. The van der Waals surface area contributed by atoms with Crippen LogP contribution in [0.2, 0.25) is 0 Å². The molecule has 0 aliphatic heterocycles. The molecule has 2 aliphatic rings. The summed E-state index contributed by atoms with van der Waals surface area (Å²) < 4.78 is 0. The highest BCUT2D eigenvalue weighted by Crippen LogP contribution is 2.83. The van der Waals surface area contributed by atoms with Crippen LogP contribution in [0.4, 0.5) is 0 Å². The van der Waals surface area contributed by atoms with Crippen molar-refractivity contribution in [2.75, 3.05) is 0 Å². The molecule has 0 aromatic rings. The van der Waals surface area contributed by atoms with Gasteiger partial charge in [-0.25, -0.2) is 0 Å².